The first-order valence-corrected chi connectivity index (χ1v) is 12.6. The Hall–Kier alpha value is -3.54. The molecule has 0 aromatic heterocycles. The number of benzene rings is 3. The second kappa shape index (κ2) is 10.4. The molecular weight excluding hydrogens is 472 g/mol. The Bertz CT molecular complexity index is 1350. The van der Waals surface area contributed by atoms with Crippen molar-refractivity contribution in [1.82, 2.24) is 9.21 Å². The third-order valence-electron chi connectivity index (χ3n) is 6.03. The van der Waals surface area contributed by atoms with Crippen LogP contribution in [0.3, 0.4) is 0 Å². The van der Waals surface area contributed by atoms with E-state index in [9.17, 15) is 23.3 Å². The lowest BCUT2D eigenvalue weighted by Crippen LogP contribution is -2.49. The van der Waals surface area contributed by atoms with Gasteiger partial charge in [-0.15, -0.1) is 0 Å². The molecule has 1 N–H and O–H groups in total. The van der Waals surface area contributed by atoms with Crippen molar-refractivity contribution in [2.45, 2.75) is 11.3 Å². The summed E-state index contributed by atoms with van der Waals surface area (Å²) in [5, 5.41) is 16.2. The van der Waals surface area contributed by atoms with E-state index in [1.165, 1.54) is 23.5 Å². The Morgan fingerprint density at radius 2 is 1.77 bits per heavy atom. The van der Waals surface area contributed by atoms with E-state index in [-0.39, 0.29) is 36.1 Å². The van der Waals surface area contributed by atoms with E-state index in [0.29, 0.717) is 19.6 Å². The molecular formula is C24H26N4O6S. The van der Waals surface area contributed by atoms with E-state index in [1.54, 1.807) is 0 Å². The number of rotatable bonds is 8. The number of hydrogen-bond donors (Lipinski definition) is 1. The SMILES string of the molecule is COc1ccc(S(=O)(=O)N2CCN(CCC(=O)Nc3cccc4ccccc34)CC2)cc1[N+](=O)[O-]. The second-order valence-electron chi connectivity index (χ2n) is 8.16. The molecule has 1 aliphatic rings. The molecule has 3 aromatic rings. The average molecular weight is 499 g/mol. The summed E-state index contributed by atoms with van der Waals surface area (Å²) in [4.78, 5) is 25.0. The maximum atomic E-state index is 13.0. The van der Waals surface area contributed by atoms with E-state index < -0.39 is 20.6 Å². The number of ether oxygens (including phenoxy) is 1. The molecule has 0 unspecified atom stereocenters. The number of nitrogens with zero attached hydrogens (tertiary/aromatic N) is 3. The predicted molar refractivity (Wildman–Crippen MR) is 132 cm³/mol. The van der Waals surface area contributed by atoms with Crippen LogP contribution in [0.2, 0.25) is 0 Å². The Kier molecular flexibility index (Phi) is 7.29. The second-order valence-corrected chi connectivity index (χ2v) is 10.1. The predicted octanol–water partition coefficient (Wildman–Crippen LogP) is 3.09. The minimum atomic E-state index is -3.89. The average Bonchev–Trinajstić information content (AvgIpc) is 2.87. The highest BCUT2D eigenvalue weighted by Gasteiger charge is 2.30. The summed E-state index contributed by atoms with van der Waals surface area (Å²) in [5.74, 6) is -0.109. The summed E-state index contributed by atoms with van der Waals surface area (Å²) >= 11 is 0. The van der Waals surface area contributed by atoms with Gasteiger partial charge >= 0.3 is 5.69 Å². The fourth-order valence-electron chi connectivity index (χ4n) is 4.12. The maximum Gasteiger partial charge on any atom is 0.312 e. The Labute approximate surface area is 203 Å². The smallest absolute Gasteiger partial charge is 0.312 e. The molecule has 35 heavy (non-hydrogen) atoms. The minimum Gasteiger partial charge on any atom is -0.490 e. The zero-order chi connectivity index (χ0) is 25.0. The quantitative estimate of drug-likeness (QED) is 0.374. The molecule has 1 saturated heterocycles. The van der Waals surface area contributed by atoms with Crippen LogP contribution in [0, 0.1) is 10.1 Å². The van der Waals surface area contributed by atoms with Crippen LogP contribution in [-0.2, 0) is 14.8 Å². The Morgan fingerprint density at radius 1 is 1.06 bits per heavy atom. The molecule has 0 atom stereocenters. The van der Waals surface area contributed by atoms with E-state index in [4.69, 9.17) is 4.74 Å². The van der Waals surface area contributed by atoms with E-state index >= 15 is 0 Å². The lowest BCUT2D eigenvalue weighted by molar-refractivity contribution is -0.386. The summed E-state index contributed by atoms with van der Waals surface area (Å²) in [6, 6.07) is 17.2. The van der Waals surface area contributed by atoms with Crippen molar-refractivity contribution in [3.05, 3.63) is 70.8 Å². The molecule has 1 aliphatic heterocycles. The van der Waals surface area contributed by atoms with Crippen LogP contribution >= 0.6 is 0 Å². The van der Waals surface area contributed by atoms with Crippen LogP contribution in [0.25, 0.3) is 10.8 Å². The van der Waals surface area contributed by atoms with Gasteiger partial charge in [-0.25, -0.2) is 8.42 Å². The zero-order valence-corrected chi connectivity index (χ0v) is 20.0. The summed E-state index contributed by atoms with van der Waals surface area (Å²) in [6.07, 6.45) is 0.278. The van der Waals surface area contributed by atoms with Crippen molar-refractivity contribution >= 4 is 38.1 Å². The third kappa shape index (κ3) is 5.42. The molecule has 4 rings (SSSR count). The molecule has 3 aromatic carbocycles. The number of amides is 1. The first-order chi connectivity index (χ1) is 16.8. The van der Waals surface area contributed by atoms with E-state index in [2.05, 4.69) is 5.32 Å². The first-order valence-electron chi connectivity index (χ1n) is 11.1. The van der Waals surface area contributed by atoms with Crippen molar-refractivity contribution in [3.8, 4) is 5.75 Å². The molecule has 10 nitrogen and oxygen atoms in total. The van der Waals surface area contributed by atoms with Crippen LogP contribution in [-0.4, -0.2) is 68.3 Å². The molecule has 184 valence electrons. The van der Waals surface area contributed by atoms with Crippen LogP contribution < -0.4 is 10.1 Å². The molecule has 1 amide bonds. The van der Waals surface area contributed by atoms with Gasteiger partial charge in [-0.2, -0.15) is 4.31 Å². The van der Waals surface area contributed by atoms with Gasteiger partial charge in [0, 0.05) is 56.3 Å². The highest BCUT2D eigenvalue weighted by atomic mass is 32.2. The van der Waals surface area contributed by atoms with Gasteiger partial charge in [0.2, 0.25) is 15.9 Å². The van der Waals surface area contributed by atoms with Crippen LogP contribution in [0.5, 0.6) is 5.75 Å². The standard InChI is InChI=1S/C24H26N4O6S/c1-34-23-10-9-19(17-22(23)28(30)31)35(32,33)27-15-13-26(14-16-27)12-11-24(29)25-21-8-4-6-18-5-2-3-7-20(18)21/h2-10,17H,11-16H2,1H3,(H,25,29). The lowest BCUT2D eigenvalue weighted by atomic mass is 10.1. The summed E-state index contributed by atoms with van der Waals surface area (Å²) < 4.78 is 32.3. The normalized spacial score (nSPS) is 15.1. The van der Waals surface area contributed by atoms with Crippen molar-refractivity contribution in [3.63, 3.8) is 0 Å². The van der Waals surface area contributed by atoms with Gasteiger partial charge in [0.25, 0.3) is 0 Å². The Morgan fingerprint density at radius 3 is 2.49 bits per heavy atom. The number of methoxy groups -OCH3 is 1. The fraction of sp³-hybridized carbons (Fsp3) is 0.292. The van der Waals surface area contributed by atoms with E-state index in [1.807, 2.05) is 47.4 Å². The number of carbonyl (C=O) groups is 1. The van der Waals surface area contributed by atoms with Crippen LogP contribution in [0.15, 0.2) is 65.6 Å². The summed E-state index contributed by atoms with van der Waals surface area (Å²) in [6.45, 7) is 1.87. The number of sulfonamides is 1. The number of nitro benzene ring substituents is 1. The molecule has 0 radical (unpaired) electrons. The zero-order valence-electron chi connectivity index (χ0n) is 19.2. The van der Waals surface area contributed by atoms with Crippen molar-refractivity contribution in [1.29, 1.82) is 0 Å². The number of anilines is 1. The third-order valence-corrected chi connectivity index (χ3v) is 7.93. The summed E-state index contributed by atoms with van der Waals surface area (Å²) in [5.41, 5.74) is 0.363. The topological polar surface area (TPSA) is 122 Å². The molecule has 1 fully saturated rings. The van der Waals surface area contributed by atoms with Crippen molar-refractivity contribution in [2.24, 2.45) is 0 Å². The molecule has 0 spiro atoms. The minimum absolute atomic E-state index is 0.000506. The number of nitrogens with one attached hydrogen (secondary N) is 1. The van der Waals surface area contributed by atoms with Crippen molar-refractivity contribution < 1.29 is 22.9 Å². The van der Waals surface area contributed by atoms with Gasteiger partial charge < -0.3 is 15.0 Å². The number of nitro groups is 1. The number of hydrogen-bond acceptors (Lipinski definition) is 7. The molecule has 1 heterocycles. The van der Waals surface area contributed by atoms with E-state index in [0.717, 1.165) is 22.5 Å². The van der Waals surface area contributed by atoms with Gasteiger partial charge in [0.05, 0.1) is 16.9 Å². The summed E-state index contributed by atoms with van der Waals surface area (Å²) in [7, 11) is -2.60. The number of piperazine rings is 1. The Balaban J connectivity index is 1.33. The molecule has 0 aliphatic carbocycles. The molecule has 11 heteroatoms. The van der Waals surface area contributed by atoms with Gasteiger partial charge in [-0.3, -0.25) is 14.9 Å². The van der Waals surface area contributed by atoms with Crippen LogP contribution in [0.1, 0.15) is 6.42 Å². The highest BCUT2D eigenvalue weighted by Crippen LogP contribution is 2.31. The lowest BCUT2D eigenvalue weighted by Gasteiger charge is -2.33. The fourth-order valence-corrected chi connectivity index (χ4v) is 5.56. The highest BCUT2D eigenvalue weighted by molar-refractivity contribution is 7.89. The van der Waals surface area contributed by atoms with Crippen molar-refractivity contribution in [2.75, 3.05) is 45.2 Å². The van der Waals surface area contributed by atoms with Gasteiger partial charge in [-0.05, 0) is 23.6 Å². The number of carbonyl (C=O) groups excluding carboxylic acids is 1. The van der Waals surface area contributed by atoms with Gasteiger partial charge in [-0.1, -0.05) is 36.4 Å². The molecule has 0 saturated carbocycles. The number of fused-ring (bicyclic) bond motifs is 1. The van der Waals surface area contributed by atoms with Gasteiger partial charge in [0.15, 0.2) is 5.75 Å². The van der Waals surface area contributed by atoms with Gasteiger partial charge in [0.1, 0.15) is 0 Å². The first kappa shape index (κ1) is 24.6. The maximum absolute atomic E-state index is 13.0. The molecule has 0 bridgehead atoms. The monoisotopic (exact) mass is 498 g/mol. The largest absolute Gasteiger partial charge is 0.490 e. The van der Waals surface area contributed by atoms with Crippen LogP contribution in [0.4, 0.5) is 11.4 Å².